The largest absolute Gasteiger partial charge is 0.423 e. The molecule has 0 bridgehead atoms. The highest BCUT2D eigenvalue weighted by Gasteiger charge is 2.23. The molecule has 0 N–H and O–H groups in total. The zero-order chi connectivity index (χ0) is 30.8. The van der Waals surface area contributed by atoms with Gasteiger partial charge in [0.15, 0.2) is 0 Å². The number of methoxy groups -OCH3 is 2. The van der Waals surface area contributed by atoms with E-state index in [0.29, 0.717) is 23.5 Å². The third kappa shape index (κ3) is 8.51. The Labute approximate surface area is 254 Å². The van der Waals surface area contributed by atoms with Crippen molar-refractivity contribution in [1.82, 2.24) is 0 Å². The van der Waals surface area contributed by atoms with E-state index in [1.165, 1.54) is 19.8 Å². The number of ether oxygens (including phenoxy) is 5. The third-order valence-corrected chi connectivity index (χ3v) is 7.56. The van der Waals surface area contributed by atoms with Crippen LogP contribution in [0, 0.1) is 0 Å². The summed E-state index contributed by atoms with van der Waals surface area (Å²) >= 11 is 0. The zero-order valence-electron chi connectivity index (χ0n) is 25.2. The third-order valence-electron chi connectivity index (χ3n) is 7.56. The molecule has 0 aliphatic heterocycles. The van der Waals surface area contributed by atoms with Gasteiger partial charge in [-0.15, -0.1) is 0 Å². The summed E-state index contributed by atoms with van der Waals surface area (Å²) in [7, 11) is 3.00. The molecule has 0 amide bonds. The lowest BCUT2D eigenvalue weighted by atomic mass is 9.82. The fourth-order valence-electron chi connectivity index (χ4n) is 5.29. The molecule has 7 heteroatoms. The molecule has 0 unspecified atom stereocenters. The van der Waals surface area contributed by atoms with Crippen molar-refractivity contribution < 1.29 is 33.3 Å². The molecular weight excluding hydrogens is 544 g/mol. The quantitative estimate of drug-likeness (QED) is 0.118. The monoisotopic (exact) mass is 584 g/mol. The second-order valence-electron chi connectivity index (χ2n) is 10.6. The Bertz CT molecular complexity index is 1410. The Morgan fingerprint density at radius 3 is 1.86 bits per heavy atom. The van der Waals surface area contributed by atoms with Crippen molar-refractivity contribution in [2.45, 2.75) is 44.6 Å². The molecule has 0 radical (unpaired) electrons. The van der Waals surface area contributed by atoms with Crippen LogP contribution in [-0.2, 0) is 23.8 Å². The number of esters is 2. The Kier molecular flexibility index (Phi) is 11.4. The van der Waals surface area contributed by atoms with Gasteiger partial charge in [0.05, 0.1) is 30.5 Å². The van der Waals surface area contributed by atoms with Crippen molar-refractivity contribution in [3.8, 4) is 33.8 Å². The van der Waals surface area contributed by atoms with Crippen LogP contribution in [-0.4, -0.2) is 52.1 Å². The van der Waals surface area contributed by atoms with Crippen molar-refractivity contribution >= 4 is 11.9 Å². The average molecular weight is 585 g/mol. The van der Waals surface area contributed by atoms with Gasteiger partial charge in [-0.25, -0.2) is 9.59 Å². The van der Waals surface area contributed by atoms with Crippen LogP contribution in [0.3, 0.4) is 0 Å². The van der Waals surface area contributed by atoms with E-state index in [1.54, 1.807) is 18.2 Å². The van der Waals surface area contributed by atoms with Gasteiger partial charge in [-0.05, 0) is 85.0 Å². The molecule has 0 spiro atoms. The van der Waals surface area contributed by atoms with Crippen LogP contribution < -0.4 is 9.47 Å². The van der Waals surface area contributed by atoms with E-state index >= 15 is 0 Å². The summed E-state index contributed by atoms with van der Waals surface area (Å²) in [6.45, 7) is 10.5. The van der Waals surface area contributed by atoms with Crippen LogP contribution in [0.5, 0.6) is 11.5 Å². The van der Waals surface area contributed by atoms with E-state index in [9.17, 15) is 9.59 Å². The number of hydrogen-bond acceptors (Lipinski definition) is 7. The fraction of sp³-hybridized carbons (Fsp3) is 0.333. The first kappa shape index (κ1) is 31.9. The molecule has 1 aliphatic carbocycles. The van der Waals surface area contributed by atoms with Crippen LogP contribution in [0.15, 0.2) is 91.0 Å². The molecule has 43 heavy (non-hydrogen) atoms. The molecule has 3 aromatic carbocycles. The van der Waals surface area contributed by atoms with Crippen molar-refractivity contribution in [2.24, 2.45) is 0 Å². The van der Waals surface area contributed by atoms with E-state index in [0.717, 1.165) is 54.5 Å². The van der Waals surface area contributed by atoms with E-state index in [2.05, 4.69) is 37.4 Å². The highest BCUT2D eigenvalue weighted by Crippen LogP contribution is 2.38. The van der Waals surface area contributed by atoms with E-state index < -0.39 is 11.9 Å². The molecular formula is C36H40O7. The zero-order valence-corrected chi connectivity index (χ0v) is 25.2. The van der Waals surface area contributed by atoms with Crippen LogP contribution in [0.4, 0.5) is 0 Å². The summed E-state index contributed by atoms with van der Waals surface area (Å²) in [6, 6.07) is 21.4. The van der Waals surface area contributed by atoms with Crippen LogP contribution in [0.25, 0.3) is 22.3 Å². The van der Waals surface area contributed by atoms with Gasteiger partial charge in [-0.1, -0.05) is 55.6 Å². The van der Waals surface area contributed by atoms with E-state index in [1.807, 2.05) is 31.2 Å². The van der Waals surface area contributed by atoms with Gasteiger partial charge in [0, 0.05) is 26.4 Å². The van der Waals surface area contributed by atoms with Gasteiger partial charge in [0.25, 0.3) is 0 Å². The van der Waals surface area contributed by atoms with Gasteiger partial charge in [0.2, 0.25) is 0 Å². The van der Waals surface area contributed by atoms with Crippen molar-refractivity contribution in [3.63, 3.8) is 0 Å². The molecule has 3 aromatic rings. The number of carbonyl (C=O) groups is 2. The Morgan fingerprint density at radius 1 is 0.721 bits per heavy atom. The average Bonchev–Trinajstić information content (AvgIpc) is 3.02. The number of carbonyl (C=O) groups excluding carboxylic acids is 2. The summed E-state index contributed by atoms with van der Waals surface area (Å²) in [5.74, 6) is 0.257. The Morgan fingerprint density at radius 2 is 1.28 bits per heavy atom. The minimum absolute atomic E-state index is 0.0855. The van der Waals surface area contributed by atoms with Crippen LogP contribution >= 0.6 is 0 Å². The summed E-state index contributed by atoms with van der Waals surface area (Å²) in [5, 5.41) is 0. The molecule has 4 rings (SSSR count). The fourth-order valence-corrected chi connectivity index (χ4v) is 5.29. The van der Waals surface area contributed by atoms with Gasteiger partial charge in [-0.3, -0.25) is 0 Å². The number of benzene rings is 3. The summed E-state index contributed by atoms with van der Waals surface area (Å²) in [5.41, 5.74) is 5.28. The van der Waals surface area contributed by atoms with Crippen LogP contribution in [0.1, 0.15) is 44.1 Å². The first-order valence-corrected chi connectivity index (χ1v) is 14.6. The number of hydrogen-bond donors (Lipinski definition) is 0. The van der Waals surface area contributed by atoms with Crippen molar-refractivity contribution in [3.05, 3.63) is 96.6 Å². The lowest BCUT2D eigenvalue weighted by molar-refractivity contribution is -0.131. The van der Waals surface area contributed by atoms with Gasteiger partial charge in [0.1, 0.15) is 11.5 Å². The first-order valence-electron chi connectivity index (χ1n) is 14.6. The molecule has 0 saturated heterocycles. The van der Waals surface area contributed by atoms with Crippen molar-refractivity contribution in [1.29, 1.82) is 0 Å². The SMILES string of the molecule is C=C(COC)C(=O)Oc1ccc(-c2ccc(OC(=O)C(=C)COC)c(-c3ccc(C4CCC(OCC)CC4)cc3)c2)cc1. The second kappa shape index (κ2) is 15.4. The predicted molar refractivity (Wildman–Crippen MR) is 167 cm³/mol. The lowest BCUT2D eigenvalue weighted by Gasteiger charge is -2.28. The molecule has 1 saturated carbocycles. The first-order chi connectivity index (χ1) is 20.8. The maximum absolute atomic E-state index is 12.7. The van der Waals surface area contributed by atoms with Gasteiger partial charge < -0.3 is 23.7 Å². The minimum atomic E-state index is -0.542. The highest BCUT2D eigenvalue weighted by atomic mass is 16.5. The second-order valence-corrected chi connectivity index (χ2v) is 10.6. The summed E-state index contributed by atoms with van der Waals surface area (Å²) in [4.78, 5) is 24.9. The normalized spacial score (nSPS) is 16.3. The molecule has 0 atom stereocenters. The molecule has 226 valence electrons. The number of rotatable bonds is 13. The Hall–Kier alpha value is -4.04. The standard InChI is InChI=1S/C36H40O7/c1-6-41-31-16-11-27(12-17-31)26-7-9-29(10-8-26)33-21-30(15-20-34(33)43-36(38)25(3)23-40-5)28-13-18-32(19-14-28)42-35(37)24(2)22-39-4/h7-10,13-15,18-21,27,31H,2-3,6,11-12,16-17,22-23H2,1,4-5H3. The maximum atomic E-state index is 12.7. The van der Waals surface area contributed by atoms with Crippen molar-refractivity contribution in [2.75, 3.05) is 34.0 Å². The molecule has 7 nitrogen and oxygen atoms in total. The minimum Gasteiger partial charge on any atom is -0.423 e. The molecule has 0 aromatic heterocycles. The van der Waals surface area contributed by atoms with Gasteiger partial charge >= 0.3 is 11.9 Å². The molecule has 1 aliphatic rings. The van der Waals surface area contributed by atoms with E-state index in [4.69, 9.17) is 23.7 Å². The smallest absolute Gasteiger partial charge is 0.341 e. The van der Waals surface area contributed by atoms with Crippen LogP contribution in [0.2, 0.25) is 0 Å². The summed E-state index contributed by atoms with van der Waals surface area (Å²) < 4.78 is 27.0. The summed E-state index contributed by atoms with van der Waals surface area (Å²) in [6.07, 6.45) is 4.73. The molecule has 1 fully saturated rings. The lowest BCUT2D eigenvalue weighted by Crippen LogP contribution is -2.20. The Balaban J connectivity index is 1.59. The maximum Gasteiger partial charge on any atom is 0.341 e. The highest BCUT2D eigenvalue weighted by molar-refractivity contribution is 5.92. The molecule has 0 heterocycles. The topological polar surface area (TPSA) is 80.3 Å². The van der Waals surface area contributed by atoms with E-state index in [-0.39, 0.29) is 24.4 Å². The van der Waals surface area contributed by atoms with Gasteiger partial charge in [-0.2, -0.15) is 0 Å². The predicted octanol–water partition coefficient (Wildman–Crippen LogP) is 7.30.